The van der Waals surface area contributed by atoms with E-state index in [-0.39, 0.29) is 11.5 Å². The quantitative estimate of drug-likeness (QED) is 0.891. The summed E-state index contributed by atoms with van der Waals surface area (Å²) in [6, 6.07) is 5.68. The van der Waals surface area contributed by atoms with Crippen LogP contribution in [0.3, 0.4) is 0 Å². The molecule has 1 fully saturated rings. The van der Waals surface area contributed by atoms with Gasteiger partial charge in [0, 0.05) is 37.8 Å². The molecule has 1 aliphatic rings. The molecule has 0 saturated carbocycles. The average Bonchev–Trinajstić information content (AvgIpc) is 2.41. The number of methoxy groups -OCH3 is 1. The third-order valence-electron chi connectivity index (χ3n) is 3.87. The first-order valence-electron chi connectivity index (χ1n) is 7.25. The van der Waals surface area contributed by atoms with Crippen molar-refractivity contribution in [3.63, 3.8) is 0 Å². The molecule has 20 heavy (non-hydrogen) atoms. The summed E-state index contributed by atoms with van der Waals surface area (Å²) in [5, 5.41) is 13.7. The van der Waals surface area contributed by atoms with E-state index in [1.54, 1.807) is 19.2 Å². The number of piperazine rings is 1. The Morgan fingerprint density at radius 3 is 2.45 bits per heavy atom. The number of hydrogen-bond donors (Lipinski definition) is 2. The first-order valence-corrected chi connectivity index (χ1v) is 7.25. The fourth-order valence-electron chi connectivity index (χ4n) is 3.03. The minimum absolute atomic E-state index is 0.0428. The molecule has 1 saturated heterocycles. The number of nitrogens with one attached hydrogen (secondary N) is 1. The molecule has 0 aliphatic carbocycles. The third kappa shape index (κ3) is 3.25. The topological polar surface area (TPSA) is 44.7 Å². The second-order valence-electron chi connectivity index (χ2n) is 6.48. The zero-order valence-electron chi connectivity index (χ0n) is 12.9. The lowest BCUT2D eigenvalue weighted by molar-refractivity contribution is 0.0841. The lowest BCUT2D eigenvalue weighted by Gasteiger charge is -2.42. The summed E-state index contributed by atoms with van der Waals surface area (Å²) in [6.45, 7) is 10.7. The summed E-state index contributed by atoms with van der Waals surface area (Å²) in [4.78, 5) is 2.45. The molecule has 0 radical (unpaired) electrons. The van der Waals surface area contributed by atoms with Crippen molar-refractivity contribution in [2.24, 2.45) is 5.41 Å². The van der Waals surface area contributed by atoms with E-state index in [1.807, 2.05) is 6.07 Å². The van der Waals surface area contributed by atoms with Crippen molar-refractivity contribution in [2.75, 3.05) is 33.3 Å². The van der Waals surface area contributed by atoms with Crippen LogP contribution in [0.2, 0.25) is 0 Å². The molecule has 1 aromatic rings. The van der Waals surface area contributed by atoms with Gasteiger partial charge in [-0.3, -0.25) is 4.90 Å². The van der Waals surface area contributed by atoms with Gasteiger partial charge in [0.05, 0.1) is 7.11 Å². The molecule has 4 nitrogen and oxygen atoms in total. The second-order valence-corrected chi connectivity index (χ2v) is 6.48. The first-order chi connectivity index (χ1) is 9.43. The molecule has 0 amide bonds. The fourth-order valence-corrected chi connectivity index (χ4v) is 3.03. The maximum atomic E-state index is 10.3. The summed E-state index contributed by atoms with van der Waals surface area (Å²) in [6.07, 6.45) is 0. The number of rotatable bonds is 3. The van der Waals surface area contributed by atoms with E-state index in [0.717, 1.165) is 37.5 Å². The van der Waals surface area contributed by atoms with E-state index in [2.05, 4.69) is 31.0 Å². The zero-order chi connectivity index (χ0) is 14.8. The first kappa shape index (κ1) is 15.1. The SMILES string of the molecule is COc1ccc(O)c([C@H](N2CCNCC2)C(C)(C)C)c1. The van der Waals surface area contributed by atoms with E-state index in [9.17, 15) is 5.11 Å². The van der Waals surface area contributed by atoms with Crippen LogP contribution in [0, 0.1) is 5.41 Å². The fraction of sp³-hybridized carbons (Fsp3) is 0.625. The van der Waals surface area contributed by atoms with Gasteiger partial charge in [-0.25, -0.2) is 0 Å². The predicted molar refractivity (Wildman–Crippen MR) is 81.3 cm³/mol. The number of benzene rings is 1. The van der Waals surface area contributed by atoms with Gasteiger partial charge in [0.1, 0.15) is 11.5 Å². The van der Waals surface area contributed by atoms with E-state index in [1.165, 1.54) is 0 Å². The van der Waals surface area contributed by atoms with Crippen LogP contribution in [0.5, 0.6) is 11.5 Å². The van der Waals surface area contributed by atoms with Gasteiger partial charge in [-0.15, -0.1) is 0 Å². The minimum Gasteiger partial charge on any atom is -0.508 e. The Bertz CT molecular complexity index is 448. The summed E-state index contributed by atoms with van der Waals surface area (Å²) in [5.74, 6) is 1.14. The maximum Gasteiger partial charge on any atom is 0.120 e. The molecular formula is C16H26N2O2. The standard InChI is InChI=1S/C16H26N2O2/c1-16(2,3)15(18-9-7-17-8-10-18)13-11-12(20-4)5-6-14(13)19/h5-6,11,15,17,19H,7-10H2,1-4H3/t15-/m0/s1. The van der Waals surface area contributed by atoms with Gasteiger partial charge in [-0.05, 0) is 23.6 Å². The molecule has 2 N–H and O–H groups in total. The summed E-state index contributed by atoms with van der Waals surface area (Å²) < 4.78 is 5.32. The van der Waals surface area contributed by atoms with Crippen molar-refractivity contribution in [1.82, 2.24) is 10.2 Å². The molecule has 112 valence electrons. The number of phenols is 1. The van der Waals surface area contributed by atoms with Gasteiger partial charge >= 0.3 is 0 Å². The van der Waals surface area contributed by atoms with E-state index >= 15 is 0 Å². The highest BCUT2D eigenvalue weighted by molar-refractivity contribution is 5.42. The molecule has 2 rings (SSSR count). The molecule has 1 heterocycles. The normalized spacial score (nSPS) is 18.8. The van der Waals surface area contributed by atoms with E-state index < -0.39 is 0 Å². The summed E-state index contributed by atoms with van der Waals surface area (Å²) in [7, 11) is 1.66. The van der Waals surface area contributed by atoms with Crippen LogP contribution in [0.15, 0.2) is 18.2 Å². The highest BCUT2D eigenvalue weighted by Gasteiger charge is 2.34. The third-order valence-corrected chi connectivity index (χ3v) is 3.87. The van der Waals surface area contributed by atoms with Gasteiger partial charge in [0.25, 0.3) is 0 Å². The molecule has 4 heteroatoms. The van der Waals surface area contributed by atoms with Crippen molar-refractivity contribution in [3.05, 3.63) is 23.8 Å². The number of ether oxygens (including phenoxy) is 1. The Labute approximate surface area is 121 Å². The van der Waals surface area contributed by atoms with Crippen LogP contribution < -0.4 is 10.1 Å². The van der Waals surface area contributed by atoms with Crippen molar-refractivity contribution >= 4 is 0 Å². The zero-order valence-corrected chi connectivity index (χ0v) is 12.9. The van der Waals surface area contributed by atoms with Crippen LogP contribution in [0.25, 0.3) is 0 Å². The van der Waals surface area contributed by atoms with Crippen LogP contribution in [-0.2, 0) is 0 Å². The van der Waals surface area contributed by atoms with Crippen molar-refractivity contribution in [1.29, 1.82) is 0 Å². The highest BCUT2D eigenvalue weighted by atomic mass is 16.5. The largest absolute Gasteiger partial charge is 0.508 e. The van der Waals surface area contributed by atoms with Crippen molar-refractivity contribution < 1.29 is 9.84 Å². The molecule has 0 spiro atoms. The average molecular weight is 278 g/mol. The van der Waals surface area contributed by atoms with E-state index in [0.29, 0.717) is 5.75 Å². The van der Waals surface area contributed by atoms with Gasteiger partial charge in [-0.1, -0.05) is 20.8 Å². The Morgan fingerprint density at radius 1 is 1.25 bits per heavy atom. The Balaban J connectivity index is 2.40. The van der Waals surface area contributed by atoms with E-state index in [4.69, 9.17) is 4.74 Å². The summed E-state index contributed by atoms with van der Waals surface area (Å²) >= 11 is 0. The minimum atomic E-state index is 0.0428. The Kier molecular flexibility index (Phi) is 4.55. The Morgan fingerprint density at radius 2 is 1.90 bits per heavy atom. The number of hydrogen-bond acceptors (Lipinski definition) is 4. The highest BCUT2D eigenvalue weighted by Crippen LogP contribution is 2.42. The maximum absolute atomic E-state index is 10.3. The second kappa shape index (κ2) is 6.02. The monoisotopic (exact) mass is 278 g/mol. The van der Waals surface area contributed by atoms with Gasteiger partial charge in [0.2, 0.25) is 0 Å². The van der Waals surface area contributed by atoms with Gasteiger partial charge < -0.3 is 15.2 Å². The van der Waals surface area contributed by atoms with Crippen LogP contribution >= 0.6 is 0 Å². The molecule has 1 aliphatic heterocycles. The smallest absolute Gasteiger partial charge is 0.120 e. The predicted octanol–water partition coefficient (Wildman–Crippen LogP) is 2.39. The molecule has 0 bridgehead atoms. The number of nitrogens with zero attached hydrogens (tertiary/aromatic N) is 1. The Hall–Kier alpha value is -1.26. The summed E-state index contributed by atoms with van der Waals surface area (Å²) in [5.41, 5.74) is 1.00. The molecule has 1 atom stereocenters. The van der Waals surface area contributed by atoms with Gasteiger partial charge in [-0.2, -0.15) is 0 Å². The van der Waals surface area contributed by atoms with Crippen molar-refractivity contribution in [3.8, 4) is 11.5 Å². The van der Waals surface area contributed by atoms with Crippen LogP contribution in [0.1, 0.15) is 32.4 Å². The number of aromatic hydroxyl groups is 1. The van der Waals surface area contributed by atoms with Crippen LogP contribution in [0.4, 0.5) is 0 Å². The molecular weight excluding hydrogens is 252 g/mol. The molecule has 0 aromatic heterocycles. The lowest BCUT2D eigenvalue weighted by atomic mass is 9.80. The molecule has 0 unspecified atom stereocenters. The van der Waals surface area contributed by atoms with Crippen LogP contribution in [-0.4, -0.2) is 43.3 Å². The number of phenolic OH excluding ortho intramolecular Hbond substituents is 1. The van der Waals surface area contributed by atoms with Gasteiger partial charge in [0.15, 0.2) is 0 Å². The lowest BCUT2D eigenvalue weighted by Crippen LogP contribution is -2.48. The molecule has 1 aromatic carbocycles. The van der Waals surface area contributed by atoms with Crippen molar-refractivity contribution in [2.45, 2.75) is 26.8 Å².